The van der Waals surface area contributed by atoms with E-state index in [9.17, 15) is 4.79 Å². The van der Waals surface area contributed by atoms with Crippen LogP contribution in [0.2, 0.25) is 0 Å². The third-order valence-corrected chi connectivity index (χ3v) is 3.30. The van der Waals surface area contributed by atoms with Crippen LogP contribution in [0.5, 0.6) is 0 Å². The molecule has 2 heterocycles. The summed E-state index contributed by atoms with van der Waals surface area (Å²) in [6, 6.07) is 0. The fourth-order valence-electron chi connectivity index (χ4n) is 2.04. The van der Waals surface area contributed by atoms with Gasteiger partial charge in [-0.15, -0.1) is 0 Å². The number of hydrogen-bond donors (Lipinski definition) is 2. The second kappa shape index (κ2) is 5.27. The first kappa shape index (κ1) is 12.0. The molecule has 0 saturated carbocycles. The average Bonchev–Trinajstić information content (AvgIpc) is 2.80. The lowest BCUT2D eigenvalue weighted by molar-refractivity contribution is -0.122. The summed E-state index contributed by atoms with van der Waals surface area (Å²) in [6.07, 6.45) is 5.19. The zero-order valence-electron chi connectivity index (χ0n) is 10.1. The Labute approximate surface area is 101 Å². The summed E-state index contributed by atoms with van der Waals surface area (Å²) in [6.45, 7) is 5.28. The van der Waals surface area contributed by atoms with Gasteiger partial charge in [0.05, 0.1) is 0 Å². The first-order valence-corrected chi connectivity index (χ1v) is 5.98. The number of nitrogens with zero attached hydrogens (tertiary/aromatic N) is 3. The van der Waals surface area contributed by atoms with Gasteiger partial charge in [0.25, 0.3) is 0 Å². The molecule has 1 aromatic rings. The molecule has 0 radical (unpaired) electrons. The Balaban J connectivity index is 1.75. The fraction of sp³-hybridized carbons (Fsp3) is 0.727. The van der Waals surface area contributed by atoms with Crippen molar-refractivity contribution in [1.29, 1.82) is 0 Å². The van der Waals surface area contributed by atoms with Crippen molar-refractivity contribution < 1.29 is 4.79 Å². The molecule has 94 valence electrons. The van der Waals surface area contributed by atoms with Gasteiger partial charge >= 0.3 is 0 Å². The molecule has 1 aliphatic heterocycles. The predicted molar refractivity (Wildman–Crippen MR) is 63.2 cm³/mol. The SMILES string of the molecule is CC1(CNC(=O)Cn2cncn2)CCNCC1. The molecule has 1 fully saturated rings. The van der Waals surface area contributed by atoms with Gasteiger partial charge in [-0.25, -0.2) is 9.67 Å². The highest BCUT2D eigenvalue weighted by Crippen LogP contribution is 2.26. The van der Waals surface area contributed by atoms with Gasteiger partial charge in [0.2, 0.25) is 5.91 Å². The third kappa shape index (κ3) is 3.52. The Kier molecular flexibility index (Phi) is 3.73. The van der Waals surface area contributed by atoms with Crippen molar-refractivity contribution in [1.82, 2.24) is 25.4 Å². The van der Waals surface area contributed by atoms with E-state index in [0.717, 1.165) is 32.5 Å². The van der Waals surface area contributed by atoms with Crippen LogP contribution in [0.15, 0.2) is 12.7 Å². The molecule has 0 unspecified atom stereocenters. The normalized spacial score (nSPS) is 18.9. The van der Waals surface area contributed by atoms with Crippen LogP contribution in [0.25, 0.3) is 0 Å². The summed E-state index contributed by atoms with van der Waals surface area (Å²) in [5, 5.41) is 10.2. The van der Waals surface area contributed by atoms with Crippen molar-refractivity contribution in [3.05, 3.63) is 12.7 Å². The van der Waals surface area contributed by atoms with E-state index in [0.29, 0.717) is 0 Å². The Hall–Kier alpha value is -1.43. The van der Waals surface area contributed by atoms with Gasteiger partial charge in [-0.2, -0.15) is 5.10 Å². The van der Waals surface area contributed by atoms with Gasteiger partial charge in [-0.3, -0.25) is 4.79 Å². The van der Waals surface area contributed by atoms with Gasteiger partial charge < -0.3 is 10.6 Å². The Morgan fingerprint density at radius 1 is 1.53 bits per heavy atom. The minimum atomic E-state index is -0.00439. The lowest BCUT2D eigenvalue weighted by atomic mass is 9.81. The first-order chi connectivity index (χ1) is 8.18. The van der Waals surface area contributed by atoms with Gasteiger partial charge in [-0.1, -0.05) is 6.92 Å². The lowest BCUT2D eigenvalue weighted by Crippen LogP contribution is -2.43. The van der Waals surface area contributed by atoms with Crippen LogP contribution in [0.1, 0.15) is 19.8 Å². The zero-order valence-corrected chi connectivity index (χ0v) is 10.1. The topological polar surface area (TPSA) is 71.8 Å². The van der Waals surface area contributed by atoms with Gasteiger partial charge in [0.15, 0.2) is 0 Å². The molecular formula is C11H19N5O. The van der Waals surface area contributed by atoms with E-state index in [1.165, 1.54) is 11.0 Å². The molecule has 0 aliphatic carbocycles. The molecule has 6 nitrogen and oxygen atoms in total. The molecule has 6 heteroatoms. The van der Waals surface area contributed by atoms with E-state index in [-0.39, 0.29) is 17.9 Å². The summed E-state index contributed by atoms with van der Waals surface area (Å²) < 4.78 is 1.53. The summed E-state index contributed by atoms with van der Waals surface area (Å²) in [5.41, 5.74) is 0.225. The second-order valence-electron chi connectivity index (χ2n) is 4.93. The zero-order chi connectivity index (χ0) is 12.1. The minimum absolute atomic E-state index is 0.00439. The molecule has 0 aromatic carbocycles. The number of piperidine rings is 1. The maximum Gasteiger partial charge on any atom is 0.241 e. The summed E-state index contributed by atoms with van der Waals surface area (Å²) in [5.74, 6) is -0.00439. The maximum atomic E-state index is 11.7. The van der Waals surface area contributed by atoms with Crippen LogP contribution in [0.4, 0.5) is 0 Å². The fourth-order valence-corrected chi connectivity index (χ4v) is 2.04. The van der Waals surface area contributed by atoms with Crippen LogP contribution >= 0.6 is 0 Å². The maximum absolute atomic E-state index is 11.7. The van der Waals surface area contributed by atoms with Crippen molar-refractivity contribution in [2.45, 2.75) is 26.3 Å². The van der Waals surface area contributed by atoms with Crippen molar-refractivity contribution >= 4 is 5.91 Å². The number of carbonyl (C=O) groups excluding carboxylic acids is 1. The number of nitrogens with one attached hydrogen (secondary N) is 2. The number of rotatable bonds is 4. The monoisotopic (exact) mass is 237 g/mol. The number of amides is 1. The molecule has 0 bridgehead atoms. The highest BCUT2D eigenvalue weighted by Gasteiger charge is 2.26. The molecular weight excluding hydrogens is 218 g/mol. The molecule has 1 aliphatic rings. The van der Waals surface area contributed by atoms with Crippen LogP contribution in [-0.4, -0.2) is 40.3 Å². The van der Waals surface area contributed by atoms with Gasteiger partial charge in [-0.05, 0) is 31.3 Å². The number of hydrogen-bond acceptors (Lipinski definition) is 4. The molecule has 1 aromatic heterocycles. The molecule has 2 rings (SSSR count). The smallest absolute Gasteiger partial charge is 0.241 e. The van der Waals surface area contributed by atoms with Crippen molar-refractivity contribution in [3.63, 3.8) is 0 Å². The highest BCUT2D eigenvalue weighted by molar-refractivity contribution is 5.75. The van der Waals surface area contributed by atoms with Crippen LogP contribution in [0, 0.1) is 5.41 Å². The highest BCUT2D eigenvalue weighted by atomic mass is 16.2. The number of carbonyl (C=O) groups is 1. The number of aromatic nitrogens is 3. The summed E-state index contributed by atoms with van der Waals surface area (Å²) in [4.78, 5) is 15.5. The van der Waals surface area contributed by atoms with E-state index in [4.69, 9.17) is 0 Å². The van der Waals surface area contributed by atoms with Crippen LogP contribution in [-0.2, 0) is 11.3 Å². The van der Waals surface area contributed by atoms with Crippen molar-refractivity contribution in [3.8, 4) is 0 Å². The van der Waals surface area contributed by atoms with Gasteiger partial charge in [0, 0.05) is 6.54 Å². The molecule has 17 heavy (non-hydrogen) atoms. The standard InChI is InChI=1S/C11H19N5O/c1-11(2-4-12-5-3-11)7-14-10(17)6-16-9-13-8-15-16/h8-9,12H,2-7H2,1H3,(H,14,17). The van der Waals surface area contributed by atoms with Crippen molar-refractivity contribution in [2.24, 2.45) is 5.41 Å². The van der Waals surface area contributed by atoms with Crippen LogP contribution < -0.4 is 10.6 Å². The molecule has 0 spiro atoms. The Morgan fingerprint density at radius 2 is 2.29 bits per heavy atom. The second-order valence-corrected chi connectivity index (χ2v) is 4.93. The largest absolute Gasteiger partial charge is 0.354 e. The van der Waals surface area contributed by atoms with Gasteiger partial charge in [0.1, 0.15) is 19.2 Å². The third-order valence-electron chi connectivity index (χ3n) is 3.30. The first-order valence-electron chi connectivity index (χ1n) is 5.98. The summed E-state index contributed by atoms with van der Waals surface area (Å²) >= 11 is 0. The Bertz CT molecular complexity index is 356. The minimum Gasteiger partial charge on any atom is -0.354 e. The quantitative estimate of drug-likeness (QED) is 0.759. The van der Waals surface area contributed by atoms with E-state index in [1.807, 2.05) is 0 Å². The summed E-state index contributed by atoms with van der Waals surface area (Å²) in [7, 11) is 0. The van der Waals surface area contributed by atoms with E-state index in [1.54, 1.807) is 6.33 Å². The Morgan fingerprint density at radius 3 is 2.94 bits per heavy atom. The molecule has 1 amide bonds. The molecule has 0 atom stereocenters. The predicted octanol–water partition coefficient (Wildman–Crippen LogP) is -0.216. The van der Waals surface area contributed by atoms with E-state index >= 15 is 0 Å². The van der Waals surface area contributed by atoms with Crippen molar-refractivity contribution in [2.75, 3.05) is 19.6 Å². The van der Waals surface area contributed by atoms with E-state index < -0.39 is 0 Å². The average molecular weight is 237 g/mol. The lowest BCUT2D eigenvalue weighted by Gasteiger charge is -2.34. The van der Waals surface area contributed by atoms with Crippen LogP contribution in [0.3, 0.4) is 0 Å². The van der Waals surface area contributed by atoms with E-state index in [2.05, 4.69) is 27.6 Å². The molecule has 1 saturated heterocycles. The molecule has 2 N–H and O–H groups in total.